The van der Waals surface area contributed by atoms with Gasteiger partial charge in [0.1, 0.15) is 0 Å². The highest BCUT2D eigenvalue weighted by Crippen LogP contribution is 2.12. The first kappa shape index (κ1) is 12.8. The lowest BCUT2D eigenvalue weighted by molar-refractivity contribution is 0.103. The molecule has 0 radical (unpaired) electrons. The lowest BCUT2D eigenvalue weighted by atomic mass is 10.0. The Balaban J connectivity index is 1.99. The highest BCUT2D eigenvalue weighted by atomic mass is 16.5. The van der Waals surface area contributed by atoms with Crippen LogP contribution in [-0.4, -0.2) is 13.2 Å². The van der Waals surface area contributed by atoms with Gasteiger partial charge in [-0.3, -0.25) is 0 Å². The van der Waals surface area contributed by atoms with Gasteiger partial charge >= 0.3 is 0 Å². The van der Waals surface area contributed by atoms with E-state index in [0.29, 0.717) is 0 Å². The Bertz CT molecular complexity index is 459. The Labute approximate surface area is 109 Å². The van der Waals surface area contributed by atoms with Crippen molar-refractivity contribution in [3.63, 3.8) is 0 Å². The summed E-state index contributed by atoms with van der Waals surface area (Å²) in [6.45, 7) is 2.11. The summed E-state index contributed by atoms with van der Waals surface area (Å²) in [4.78, 5) is 0. The molecule has 0 fully saturated rings. The van der Waals surface area contributed by atoms with Gasteiger partial charge in [0, 0.05) is 7.11 Å². The van der Waals surface area contributed by atoms with Gasteiger partial charge in [0.2, 0.25) is 0 Å². The van der Waals surface area contributed by atoms with E-state index in [4.69, 9.17) is 4.74 Å². The molecule has 0 aromatic heterocycles. The van der Waals surface area contributed by atoms with E-state index in [-0.39, 0.29) is 6.10 Å². The first-order chi connectivity index (χ1) is 8.78. The summed E-state index contributed by atoms with van der Waals surface area (Å²) in [6.07, 6.45) is 2.17. The van der Waals surface area contributed by atoms with Crippen LogP contribution in [0.5, 0.6) is 0 Å². The molecule has 0 aliphatic rings. The second-order valence-corrected chi connectivity index (χ2v) is 4.74. The third-order valence-corrected chi connectivity index (χ3v) is 3.22. The molecule has 0 aliphatic heterocycles. The summed E-state index contributed by atoms with van der Waals surface area (Å²) in [7, 11) is 1.79. The predicted octanol–water partition coefficient (Wildman–Crippen LogP) is 3.80. The van der Waals surface area contributed by atoms with Crippen LogP contribution in [0.25, 0.3) is 0 Å². The quantitative estimate of drug-likeness (QED) is 0.772. The fourth-order valence-electron chi connectivity index (χ4n) is 2.10. The van der Waals surface area contributed by atoms with Crippen molar-refractivity contribution in [1.82, 2.24) is 0 Å². The maximum atomic E-state index is 5.59. The fraction of sp³-hybridized carbons (Fsp3) is 0.294. The lowest BCUT2D eigenvalue weighted by Gasteiger charge is -2.15. The van der Waals surface area contributed by atoms with E-state index in [1.807, 2.05) is 6.07 Å². The molecule has 1 unspecified atom stereocenters. The van der Waals surface area contributed by atoms with Crippen LogP contribution in [-0.2, 0) is 17.6 Å². The van der Waals surface area contributed by atoms with Gasteiger partial charge in [-0.05, 0) is 30.9 Å². The molecule has 0 spiro atoms. The van der Waals surface area contributed by atoms with Gasteiger partial charge in [-0.1, -0.05) is 60.2 Å². The van der Waals surface area contributed by atoms with Crippen molar-refractivity contribution in [3.05, 3.63) is 71.3 Å². The number of aryl methyl sites for hydroxylation is 1. The van der Waals surface area contributed by atoms with Gasteiger partial charge in [0.15, 0.2) is 0 Å². The van der Waals surface area contributed by atoms with Crippen molar-refractivity contribution in [2.75, 3.05) is 7.11 Å². The molecule has 2 aromatic carbocycles. The van der Waals surface area contributed by atoms with E-state index in [2.05, 4.69) is 55.5 Å². The monoisotopic (exact) mass is 240 g/mol. The smallest absolute Gasteiger partial charge is 0.0651 e. The van der Waals surface area contributed by atoms with Crippen LogP contribution in [0.2, 0.25) is 0 Å². The minimum atomic E-state index is 0.245. The van der Waals surface area contributed by atoms with Gasteiger partial charge in [-0.2, -0.15) is 0 Å². The summed E-state index contributed by atoms with van der Waals surface area (Å²) in [5, 5.41) is 0. The average Bonchev–Trinajstić information content (AvgIpc) is 2.41. The molecule has 0 saturated carbocycles. The van der Waals surface area contributed by atoms with E-state index in [0.717, 1.165) is 12.8 Å². The first-order valence-electron chi connectivity index (χ1n) is 6.40. The van der Waals surface area contributed by atoms with Crippen LogP contribution in [0, 0.1) is 6.92 Å². The number of ether oxygens (including phenoxy) is 1. The van der Waals surface area contributed by atoms with E-state index in [1.54, 1.807) is 7.11 Å². The van der Waals surface area contributed by atoms with Gasteiger partial charge in [0.25, 0.3) is 0 Å². The molecule has 0 bridgehead atoms. The molecular formula is C17H20O. The van der Waals surface area contributed by atoms with E-state index in [9.17, 15) is 0 Å². The highest BCUT2D eigenvalue weighted by Gasteiger charge is 2.09. The van der Waals surface area contributed by atoms with Crippen molar-refractivity contribution >= 4 is 0 Å². The maximum Gasteiger partial charge on any atom is 0.0651 e. The third-order valence-electron chi connectivity index (χ3n) is 3.22. The molecule has 1 heteroatoms. The minimum Gasteiger partial charge on any atom is -0.381 e. The van der Waals surface area contributed by atoms with Crippen molar-refractivity contribution in [1.29, 1.82) is 0 Å². The van der Waals surface area contributed by atoms with Gasteiger partial charge in [0.05, 0.1) is 6.10 Å². The SMILES string of the molecule is COC(Cc1ccccc1)Cc1ccc(C)cc1. The fourth-order valence-corrected chi connectivity index (χ4v) is 2.10. The Morgan fingerprint density at radius 3 is 1.94 bits per heavy atom. The van der Waals surface area contributed by atoms with Crippen LogP contribution in [0.3, 0.4) is 0 Å². The maximum absolute atomic E-state index is 5.59. The largest absolute Gasteiger partial charge is 0.381 e. The zero-order chi connectivity index (χ0) is 12.8. The Kier molecular flexibility index (Phi) is 4.54. The van der Waals surface area contributed by atoms with E-state index < -0.39 is 0 Å². The van der Waals surface area contributed by atoms with Crippen LogP contribution in [0.4, 0.5) is 0 Å². The highest BCUT2D eigenvalue weighted by molar-refractivity contribution is 5.23. The summed E-state index contributed by atoms with van der Waals surface area (Å²) >= 11 is 0. The minimum absolute atomic E-state index is 0.245. The second kappa shape index (κ2) is 6.36. The zero-order valence-corrected chi connectivity index (χ0v) is 11.1. The molecule has 2 rings (SSSR count). The predicted molar refractivity (Wildman–Crippen MR) is 75.8 cm³/mol. The number of methoxy groups -OCH3 is 1. The second-order valence-electron chi connectivity index (χ2n) is 4.74. The van der Waals surface area contributed by atoms with Crippen molar-refractivity contribution < 1.29 is 4.74 Å². The average molecular weight is 240 g/mol. The molecule has 0 heterocycles. The Hall–Kier alpha value is -1.60. The van der Waals surface area contributed by atoms with Crippen LogP contribution < -0.4 is 0 Å². The Morgan fingerprint density at radius 2 is 1.39 bits per heavy atom. The third kappa shape index (κ3) is 3.71. The molecule has 1 atom stereocenters. The van der Waals surface area contributed by atoms with Crippen molar-refractivity contribution in [2.45, 2.75) is 25.9 Å². The van der Waals surface area contributed by atoms with Crippen LogP contribution >= 0.6 is 0 Å². The van der Waals surface area contributed by atoms with Crippen LogP contribution in [0.1, 0.15) is 16.7 Å². The molecule has 0 N–H and O–H groups in total. The lowest BCUT2D eigenvalue weighted by Crippen LogP contribution is -2.17. The Morgan fingerprint density at radius 1 is 0.833 bits per heavy atom. The molecule has 18 heavy (non-hydrogen) atoms. The molecular weight excluding hydrogens is 220 g/mol. The number of rotatable bonds is 5. The molecule has 0 saturated heterocycles. The summed E-state index contributed by atoms with van der Waals surface area (Å²) < 4.78 is 5.59. The van der Waals surface area contributed by atoms with Crippen molar-refractivity contribution in [2.24, 2.45) is 0 Å². The normalized spacial score (nSPS) is 12.3. The molecule has 94 valence electrons. The van der Waals surface area contributed by atoms with Gasteiger partial charge < -0.3 is 4.74 Å². The molecule has 0 aliphatic carbocycles. The van der Waals surface area contributed by atoms with Crippen LogP contribution in [0.15, 0.2) is 54.6 Å². The summed E-state index contributed by atoms with van der Waals surface area (Å²) in [6, 6.07) is 19.2. The topological polar surface area (TPSA) is 9.23 Å². The zero-order valence-electron chi connectivity index (χ0n) is 11.1. The van der Waals surface area contributed by atoms with Gasteiger partial charge in [-0.25, -0.2) is 0 Å². The standard InChI is InChI=1S/C17H20O/c1-14-8-10-16(11-9-14)13-17(18-2)12-15-6-4-3-5-7-15/h3-11,17H,12-13H2,1-2H3. The number of benzene rings is 2. The van der Waals surface area contributed by atoms with E-state index in [1.165, 1.54) is 16.7 Å². The first-order valence-corrected chi connectivity index (χ1v) is 6.40. The number of hydrogen-bond donors (Lipinski definition) is 0. The van der Waals surface area contributed by atoms with E-state index >= 15 is 0 Å². The molecule has 1 nitrogen and oxygen atoms in total. The summed E-state index contributed by atoms with van der Waals surface area (Å²) in [5.41, 5.74) is 3.97. The van der Waals surface area contributed by atoms with Gasteiger partial charge in [-0.15, -0.1) is 0 Å². The number of hydrogen-bond acceptors (Lipinski definition) is 1. The summed E-state index contributed by atoms with van der Waals surface area (Å²) in [5.74, 6) is 0. The molecule has 2 aromatic rings. The molecule has 0 amide bonds. The van der Waals surface area contributed by atoms with Crippen molar-refractivity contribution in [3.8, 4) is 0 Å².